The maximum atomic E-state index is 12.1. The van der Waals surface area contributed by atoms with Crippen molar-refractivity contribution in [1.29, 1.82) is 0 Å². The minimum Gasteiger partial charge on any atom is -0.480 e. The van der Waals surface area contributed by atoms with E-state index in [4.69, 9.17) is 4.74 Å². The summed E-state index contributed by atoms with van der Waals surface area (Å²) in [6, 6.07) is 6.10. The quantitative estimate of drug-likeness (QED) is 0.797. The number of rotatable bonds is 7. The van der Waals surface area contributed by atoms with Gasteiger partial charge in [-0.2, -0.15) is 0 Å². The molecule has 1 aromatic carbocycles. The topological polar surface area (TPSA) is 82.1 Å². The molecule has 1 saturated heterocycles. The molecule has 0 radical (unpaired) electrons. The molecule has 24 heavy (non-hydrogen) atoms. The van der Waals surface area contributed by atoms with Crippen molar-refractivity contribution in [3.63, 3.8) is 0 Å². The van der Waals surface area contributed by atoms with Crippen molar-refractivity contribution in [2.24, 2.45) is 0 Å². The Balaban J connectivity index is 2.02. The van der Waals surface area contributed by atoms with E-state index in [0.29, 0.717) is 24.4 Å². The number of benzene rings is 1. The second-order valence-electron chi connectivity index (χ2n) is 5.96. The summed E-state index contributed by atoms with van der Waals surface area (Å²) in [5.74, 6) is -0.914. The molecule has 0 unspecified atom stereocenters. The molecule has 2 rings (SSSR count). The van der Waals surface area contributed by atoms with E-state index in [1.807, 2.05) is 0 Å². The van der Waals surface area contributed by atoms with Gasteiger partial charge in [0.15, 0.2) is 0 Å². The van der Waals surface area contributed by atoms with Gasteiger partial charge >= 0.3 is 12.0 Å². The Hall–Kier alpha value is -2.12. The fraction of sp³-hybridized carbons (Fsp3) is 0.529. The molecule has 2 amide bonds. The van der Waals surface area contributed by atoms with Gasteiger partial charge in [-0.25, -0.2) is 4.79 Å². The van der Waals surface area contributed by atoms with E-state index in [1.165, 1.54) is 0 Å². The molecule has 0 saturated carbocycles. The average molecular weight is 335 g/mol. The molecule has 0 aromatic heterocycles. The summed E-state index contributed by atoms with van der Waals surface area (Å²) in [5.41, 5.74) is 1.33. The lowest BCUT2D eigenvalue weighted by Crippen LogP contribution is -2.33. The van der Waals surface area contributed by atoms with Crippen LogP contribution < -0.4 is 5.32 Å². The Morgan fingerprint density at radius 2 is 1.92 bits per heavy atom. The molecule has 2 N–H and O–H groups in total. The van der Waals surface area contributed by atoms with Crippen LogP contribution in [0.4, 0.5) is 10.5 Å². The van der Waals surface area contributed by atoms with Gasteiger partial charge in [0.25, 0.3) is 0 Å². The summed E-state index contributed by atoms with van der Waals surface area (Å²) in [4.78, 5) is 27.2. The molecule has 0 aliphatic carbocycles. The Bertz CT molecular complexity index is 555. The first-order chi connectivity index (χ1) is 11.5. The van der Waals surface area contributed by atoms with Gasteiger partial charge in [0.05, 0.1) is 6.61 Å². The van der Waals surface area contributed by atoms with Gasteiger partial charge in [0.2, 0.25) is 0 Å². The zero-order chi connectivity index (χ0) is 17.5. The van der Waals surface area contributed by atoms with Gasteiger partial charge in [0.1, 0.15) is 6.04 Å². The number of carbonyl (C=O) groups excluding carboxylic acids is 1. The molecule has 1 heterocycles. The van der Waals surface area contributed by atoms with Gasteiger partial charge < -0.3 is 20.1 Å². The minimum atomic E-state index is -0.914. The van der Waals surface area contributed by atoms with Crippen molar-refractivity contribution in [3.8, 4) is 0 Å². The number of aliphatic carboxylic acids is 1. The van der Waals surface area contributed by atoms with Crippen molar-refractivity contribution in [2.45, 2.75) is 18.9 Å². The molecule has 1 atom stereocenters. The number of carboxylic acid groups (broad SMARTS) is 1. The van der Waals surface area contributed by atoms with E-state index >= 15 is 0 Å². The Morgan fingerprint density at radius 1 is 1.29 bits per heavy atom. The van der Waals surface area contributed by atoms with Gasteiger partial charge in [0, 0.05) is 32.4 Å². The standard InChI is InChI=1S/C17H25N3O4/c1-19(11-12-24-2)15(16(21)22)13-5-7-14(8-6-13)18-17(23)20-9-3-4-10-20/h5-8,15H,3-4,9-12H2,1-2H3,(H,18,23)(H,21,22)/t15-/m0/s1. The van der Waals surface area contributed by atoms with Crippen LogP contribution in [0.15, 0.2) is 24.3 Å². The SMILES string of the molecule is COCCN(C)[C@H](C(=O)O)c1ccc(NC(=O)N2CCCC2)cc1. The van der Waals surface area contributed by atoms with Crippen molar-refractivity contribution in [2.75, 3.05) is 45.7 Å². The summed E-state index contributed by atoms with van der Waals surface area (Å²) < 4.78 is 5.00. The fourth-order valence-electron chi connectivity index (χ4n) is 2.82. The molecule has 1 aliphatic rings. The maximum Gasteiger partial charge on any atom is 0.325 e. The predicted molar refractivity (Wildman–Crippen MR) is 91.2 cm³/mol. The Kier molecular flexibility index (Phi) is 6.57. The highest BCUT2D eigenvalue weighted by Gasteiger charge is 2.24. The number of amides is 2. The minimum absolute atomic E-state index is 0.104. The van der Waals surface area contributed by atoms with E-state index in [2.05, 4.69) is 5.32 Å². The largest absolute Gasteiger partial charge is 0.480 e. The van der Waals surface area contributed by atoms with E-state index in [1.54, 1.807) is 48.2 Å². The number of hydrogen-bond donors (Lipinski definition) is 2. The highest BCUT2D eigenvalue weighted by Crippen LogP contribution is 2.22. The van der Waals surface area contributed by atoms with Gasteiger partial charge in [-0.05, 0) is 37.6 Å². The summed E-state index contributed by atoms with van der Waals surface area (Å²) in [6.45, 7) is 2.55. The molecule has 7 nitrogen and oxygen atoms in total. The lowest BCUT2D eigenvalue weighted by Gasteiger charge is -2.25. The van der Waals surface area contributed by atoms with E-state index < -0.39 is 12.0 Å². The number of nitrogens with zero attached hydrogens (tertiary/aromatic N) is 2. The molecule has 132 valence electrons. The average Bonchev–Trinajstić information content (AvgIpc) is 3.09. The third-order valence-corrected chi connectivity index (χ3v) is 4.19. The van der Waals surface area contributed by atoms with Crippen LogP contribution in [-0.2, 0) is 9.53 Å². The normalized spacial score (nSPS) is 15.5. The summed E-state index contributed by atoms with van der Waals surface area (Å²) >= 11 is 0. The van der Waals surface area contributed by atoms with Crippen LogP contribution in [0.1, 0.15) is 24.4 Å². The number of carbonyl (C=O) groups is 2. The first-order valence-electron chi connectivity index (χ1n) is 8.11. The van der Waals surface area contributed by atoms with Crippen LogP contribution in [0.25, 0.3) is 0 Å². The van der Waals surface area contributed by atoms with Gasteiger partial charge in [-0.15, -0.1) is 0 Å². The number of ether oxygens (including phenoxy) is 1. The smallest absolute Gasteiger partial charge is 0.325 e. The van der Waals surface area contributed by atoms with Crippen LogP contribution in [0.3, 0.4) is 0 Å². The van der Waals surface area contributed by atoms with Gasteiger partial charge in [-0.1, -0.05) is 12.1 Å². The second kappa shape index (κ2) is 8.65. The number of hydrogen-bond acceptors (Lipinski definition) is 4. The summed E-state index contributed by atoms with van der Waals surface area (Å²) in [7, 11) is 3.34. The fourth-order valence-corrected chi connectivity index (χ4v) is 2.82. The molecular formula is C17H25N3O4. The molecule has 7 heteroatoms. The molecule has 1 aliphatic heterocycles. The van der Waals surface area contributed by atoms with E-state index in [0.717, 1.165) is 25.9 Å². The van der Waals surface area contributed by atoms with Crippen LogP contribution in [0.5, 0.6) is 0 Å². The molecule has 0 spiro atoms. The summed E-state index contributed by atoms with van der Waals surface area (Å²) in [5, 5.41) is 12.3. The summed E-state index contributed by atoms with van der Waals surface area (Å²) in [6.07, 6.45) is 2.08. The Labute approximate surface area is 142 Å². The van der Waals surface area contributed by atoms with Crippen molar-refractivity contribution < 1.29 is 19.4 Å². The number of carboxylic acids is 1. The molecule has 1 aromatic rings. The Morgan fingerprint density at radius 3 is 2.46 bits per heavy atom. The van der Waals surface area contributed by atoms with E-state index in [9.17, 15) is 14.7 Å². The van der Waals surface area contributed by atoms with Crippen molar-refractivity contribution >= 4 is 17.7 Å². The number of methoxy groups -OCH3 is 1. The molecule has 1 fully saturated rings. The van der Waals surface area contributed by atoms with Gasteiger partial charge in [-0.3, -0.25) is 9.69 Å². The number of likely N-dealkylation sites (N-methyl/N-ethyl adjacent to an activating group) is 1. The third-order valence-electron chi connectivity index (χ3n) is 4.19. The van der Waals surface area contributed by atoms with Crippen LogP contribution in [0.2, 0.25) is 0 Å². The third kappa shape index (κ3) is 4.69. The second-order valence-corrected chi connectivity index (χ2v) is 5.96. The highest BCUT2D eigenvalue weighted by atomic mass is 16.5. The number of anilines is 1. The zero-order valence-corrected chi connectivity index (χ0v) is 14.2. The van der Waals surface area contributed by atoms with Crippen LogP contribution in [0, 0.1) is 0 Å². The predicted octanol–water partition coefficient (Wildman–Crippen LogP) is 2.02. The van der Waals surface area contributed by atoms with Crippen LogP contribution in [-0.4, -0.2) is 67.3 Å². The lowest BCUT2D eigenvalue weighted by atomic mass is 10.1. The first-order valence-corrected chi connectivity index (χ1v) is 8.11. The molecule has 0 bridgehead atoms. The maximum absolute atomic E-state index is 12.1. The monoisotopic (exact) mass is 335 g/mol. The number of urea groups is 1. The van der Waals surface area contributed by atoms with Crippen molar-refractivity contribution in [3.05, 3.63) is 29.8 Å². The number of nitrogens with one attached hydrogen (secondary N) is 1. The zero-order valence-electron chi connectivity index (χ0n) is 14.2. The van der Waals surface area contributed by atoms with Crippen LogP contribution >= 0.6 is 0 Å². The lowest BCUT2D eigenvalue weighted by molar-refractivity contribution is -0.143. The highest BCUT2D eigenvalue weighted by molar-refractivity contribution is 5.89. The van der Waals surface area contributed by atoms with E-state index in [-0.39, 0.29) is 6.03 Å². The first kappa shape index (κ1) is 18.2. The molecular weight excluding hydrogens is 310 g/mol. The van der Waals surface area contributed by atoms with Crippen molar-refractivity contribution in [1.82, 2.24) is 9.80 Å². The number of likely N-dealkylation sites (tertiary alicyclic amines) is 1.